The van der Waals surface area contributed by atoms with Crippen LogP contribution in [0.3, 0.4) is 0 Å². The topological polar surface area (TPSA) is 42.0 Å². The number of halogens is 2. The molecule has 0 saturated heterocycles. The second-order valence-corrected chi connectivity index (χ2v) is 6.63. The number of nitrogens with zero attached hydrogens (tertiary/aromatic N) is 1. The smallest absolute Gasteiger partial charge is 0.230 e. The molecule has 6 heteroatoms. The van der Waals surface area contributed by atoms with Crippen LogP contribution in [-0.2, 0) is 11.2 Å². The average molecular weight is 391 g/mol. The highest BCUT2D eigenvalue weighted by Crippen LogP contribution is 2.26. The molecule has 0 spiro atoms. The Labute approximate surface area is 145 Å². The summed E-state index contributed by atoms with van der Waals surface area (Å²) in [7, 11) is 0. The maximum Gasteiger partial charge on any atom is 0.230 e. The fraction of sp³-hybridized carbons (Fsp3) is 0.0588. The largest absolute Gasteiger partial charge is 0.302 e. The summed E-state index contributed by atoms with van der Waals surface area (Å²) in [6, 6.07) is 14.0. The molecule has 0 aliphatic rings. The van der Waals surface area contributed by atoms with Crippen molar-refractivity contribution in [2.45, 2.75) is 6.42 Å². The van der Waals surface area contributed by atoms with E-state index < -0.39 is 0 Å². The van der Waals surface area contributed by atoms with Gasteiger partial charge in [0, 0.05) is 15.4 Å². The SMILES string of the molecule is O=C(Cc1ccccc1F)Nc1nc(-c2ccc(Br)cc2)cs1. The zero-order chi connectivity index (χ0) is 16.2. The van der Waals surface area contributed by atoms with Gasteiger partial charge in [-0.3, -0.25) is 4.79 Å². The number of amides is 1. The highest BCUT2D eigenvalue weighted by atomic mass is 79.9. The molecule has 2 aromatic carbocycles. The lowest BCUT2D eigenvalue weighted by Gasteiger charge is -2.03. The second kappa shape index (κ2) is 7.02. The van der Waals surface area contributed by atoms with Crippen molar-refractivity contribution in [3.05, 3.63) is 69.8 Å². The molecule has 0 aliphatic carbocycles. The molecule has 1 aromatic heterocycles. The van der Waals surface area contributed by atoms with Gasteiger partial charge < -0.3 is 5.32 Å². The van der Waals surface area contributed by atoms with Crippen LogP contribution in [0, 0.1) is 5.82 Å². The van der Waals surface area contributed by atoms with Gasteiger partial charge >= 0.3 is 0 Å². The van der Waals surface area contributed by atoms with Crippen LogP contribution >= 0.6 is 27.3 Å². The molecule has 0 unspecified atom stereocenters. The van der Waals surface area contributed by atoms with E-state index in [4.69, 9.17) is 0 Å². The predicted molar refractivity (Wildman–Crippen MR) is 94.0 cm³/mol. The molecule has 1 amide bonds. The zero-order valence-corrected chi connectivity index (χ0v) is 14.3. The number of hydrogen-bond donors (Lipinski definition) is 1. The van der Waals surface area contributed by atoms with Crippen LogP contribution in [0.5, 0.6) is 0 Å². The molecular weight excluding hydrogens is 379 g/mol. The van der Waals surface area contributed by atoms with Gasteiger partial charge in [0.05, 0.1) is 12.1 Å². The minimum atomic E-state index is -0.377. The average Bonchev–Trinajstić information content (AvgIpc) is 2.98. The molecule has 0 fully saturated rings. The van der Waals surface area contributed by atoms with Crippen LogP contribution in [0.15, 0.2) is 58.4 Å². The van der Waals surface area contributed by atoms with Crippen molar-refractivity contribution in [3.8, 4) is 11.3 Å². The van der Waals surface area contributed by atoms with E-state index in [2.05, 4.69) is 26.2 Å². The molecule has 0 atom stereocenters. The van der Waals surface area contributed by atoms with Gasteiger partial charge in [-0.25, -0.2) is 9.37 Å². The first-order valence-corrected chi connectivity index (χ1v) is 8.54. The number of carbonyl (C=O) groups excluding carboxylic acids is 1. The van der Waals surface area contributed by atoms with Crippen LogP contribution in [0.4, 0.5) is 9.52 Å². The predicted octanol–water partition coefficient (Wildman–Crippen LogP) is 4.89. The summed E-state index contributed by atoms with van der Waals surface area (Å²) in [6.45, 7) is 0. The van der Waals surface area contributed by atoms with Crippen molar-refractivity contribution in [1.82, 2.24) is 4.98 Å². The van der Waals surface area contributed by atoms with Gasteiger partial charge in [0.15, 0.2) is 5.13 Å². The zero-order valence-electron chi connectivity index (χ0n) is 11.9. The van der Waals surface area contributed by atoms with Gasteiger partial charge in [-0.05, 0) is 23.8 Å². The summed E-state index contributed by atoms with van der Waals surface area (Å²) < 4.78 is 14.5. The first kappa shape index (κ1) is 15.8. The monoisotopic (exact) mass is 390 g/mol. The maximum atomic E-state index is 13.5. The number of anilines is 1. The highest BCUT2D eigenvalue weighted by Gasteiger charge is 2.11. The van der Waals surface area contributed by atoms with Crippen molar-refractivity contribution < 1.29 is 9.18 Å². The van der Waals surface area contributed by atoms with Crippen molar-refractivity contribution in [2.75, 3.05) is 5.32 Å². The van der Waals surface area contributed by atoms with E-state index in [0.29, 0.717) is 10.7 Å². The third-order valence-electron chi connectivity index (χ3n) is 3.20. The van der Waals surface area contributed by atoms with Crippen molar-refractivity contribution in [3.63, 3.8) is 0 Å². The molecule has 0 aliphatic heterocycles. The quantitative estimate of drug-likeness (QED) is 0.688. The van der Waals surface area contributed by atoms with Crippen molar-refractivity contribution >= 4 is 38.3 Å². The molecule has 0 saturated carbocycles. The number of thiazole rings is 1. The normalized spacial score (nSPS) is 10.5. The number of rotatable bonds is 4. The Hall–Kier alpha value is -2.05. The van der Waals surface area contributed by atoms with Crippen molar-refractivity contribution in [2.24, 2.45) is 0 Å². The van der Waals surface area contributed by atoms with E-state index in [1.165, 1.54) is 17.4 Å². The Balaban J connectivity index is 1.68. The Bertz CT molecular complexity index is 833. The summed E-state index contributed by atoms with van der Waals surface area (Å²) in [5.41, 5.74) is 2.14. The van der Waals surface area contributed by atoms with Gasteiger partial charge in [-0.15, -0.1) is 11.3 Å². The number of hydrogen-bond acceptors (Lipinski definition) is 3. The van der Waals surface area contributed by atoms with E-state index in [-0.39, 0.29) is 18.1 Å². The first-order valence-electron chi connectivity index (χ1n) is 6.86. The number of nitrogens with one attached hydrogen (secondary N) is 1. The van der Waals surface area contributed by atoms with Crippen LogP contribution in [0.25, 0.3) is 11.3 Å². The minimum absolute atomic E-state index is 0.0140. The maximum absolute atomic E-state index is 13.5. The first-order chi connectivity index (χ1) is 11.1. The van der Waals surface area contributed by atoms with E-state index in [0.717, 1.165) is 15.7 Å². The van der Waals surface area contributed by atoms with Crippen molar-refractivity contribution in [1.29, 1.82) is 0 Å². The minimum Gasteiger partial charge on any atom is -0.302 e. The lowest BCUT2D eigenvalue weighted by Crippen LogP contribution is -2.15. The van der Waals surface area contributed by atoms with E-state index in [1.54, 1.807) is 18.2 Å². The number of aromatic nitrogens is 1. The second-order valence-electron chi connectivity index (χ2n) is 4.86. The molecule has 23 heavy (non-hydrogen) atoms. The van der Waals surface area contributed by atoms with Crippen LogP contribution in [0.2, 0.25) is 0 Å². The molecule has 1 heterocycles. The molecule has 0 bridgehead atoms. The Kier molecular flexibility index (Phi) is 4.83. The molecular formula is C17H12BrFN2OS. The fourth-order valence-electron chi connectivity index (χ4n) is 2.06. The third-order valence-corrected chi connectivity index (χ3v) is 4.49. The van der Waals surface area contributed by atoms with Crippen LogP contribution in [0.1, 0.15) is 5.56 Å². The standard InChI is InChI=1S/C17H12BrFN2OS/c18-13-7-5-11(6-8-13)15-10-23-17(20-15)21-16(22)9-12-3-1-2-4-14(12)19/h1-8,10H,9H2,(H,20,21,22). The van der Waals surface area contributed by atoms with Gasteiger partial charge in [0.1, 0.15) is 5.82 Å². The lowest BCUT2D eigenvalue weighted by molar-refractivity contribution is -0.115. The number of benzene rings is 2. The Morgan fingerprint density at radius 2 is 1.91 bits per heavy atom. The van der Waals surface area contributed by atoms with Gasteiger partial charge in [0.2, 0.25) is 5.91 Å². The lowest BCUT2D eigenvalue weighted by atomic mass is 10.1. The van der Waals surface area contributed by atoms with E-state index in [1.807, 2.05) is 29.6 Å². The summed E-state index contributed by atoms with van der Waals surface area (Å²) in [5, 5.41) is 5.09. The highest BCUT2D eigenvalue weighted by molar-refractivity contribution is 9.10. The molecule has 116 valence electrons. The Morgan fingerprint density at radius 3 is 2.65 bits per heavy atom. The molecule has 3 rings (SSSR count). The molecule has 3 nitrogen and oxygen atoms in total. The van der Waals surface area contributed by atoms with Crippen LogP contribution < -0.4 is 5.32 Å². The van der Waals surface area contributed by atoms with Gasteiger partial charge in [-0.1, -0.05) is 46.3 Å². The molecule has 0 radical (unpaired) electrons. The van der Waals surface area contributed by atoms with E-state index >= 15 is 0 Å². The summed E-state index contributed by atoms with van der Waals surface area (Å²) >= 11 is 4.73. The fourth-order valence-corrected chi connectivity index (χ4v) is 3.06. The summed E-state index contributed by atoms with van der Waals surface area (Å²) in [4.78, 5) is 16.4. The molecule has 3 aromatic rings. The number of carbonyl (C=O) groups is 1. The van der Waals surface area contributed by atoms with Gasteiger partial charge in [0.25, 0.3) is 0 Å². The summed E-state index contributed by atoms with van der Waals surface area (Å²) in [5.74, 6) is -0.663. The van der Waals surface area contributed by atoms with E-state index in [9.17, 15) is 9.18 Å². The van der Waals surface area contributed by atoms with Gasteiger partial charge in [-0.2, -0.15) is 0 Å². The molecule has 1 N–H and O–H groups in total. The van der Waals surface area contributed by atoms with Crippen LogP contribution in [-0.4, -0.2) is 10.9 Å². The Morgan fingerprint density at radius 1 is 1.17 bits per heavy atom. The summed E-state index contributed by atoms with van der Waals surface area (Å²) in [6.07, 6.45) is -0.0140. The third kappa shape index (κ3) is 4.03.